The molecule has 0 aliphatic heterocycles. The third-order valence-electron chi connectivity index (χ3n) is 2.20. The standard InChI is InChI=1S/C13H18N2O2.ClH/c1-3-8-17-12-7-5-4-6-11(12)9-15-13(16)10(2)14;/h3-7,10H,1,8-9,14H2,2H3,(H,15,16);1H/t10-;/m1./s1. The van der Waals surface area contributed by atoms with Crippen LogP contribution in [0.1, 0.15) is 12.5 Å². The van der Waals surface area contributed by atoms with E-state index < -0.39 is 6.04 Å². The predicted molar refractivity (Wildman–Crippen MR) is 74.9 cm³/mol. The van der Waals surface area contributed by atoms with Crippen molar-refractivity contribution in [3.63, 3.8) is 0 Å². The number of carbonyl (C=O) groups is 1. The highest BCUT2D eigenvalue weighted by Gasteiger charge is 2.08. The minimum Gasteiger partial charge on any atom is -0.489 e. The lowest BCUT2D eigenvalue weighted by Gasteiger charge is -2.12. The molecule has 0 aromatic heterocycles. The van der Waals surface area contributed by atoms with Gasteiger partial charge in [0.15, 0.2) is 0 Å². The summed E-state index contributed by atoms with van der Waals surface area (Å²) in [6, 6.07) is 7.04. The molecule has 100 valence electrons. The molecule has 3 N–H and O–H groups in total. The Hall–Kier alpha value is -1.52. The Morgan fingerprint density at radius 2 is 2.22 bits per heavy atom. The van der Waals surface area contributed by atoms with E-state index in [1.54, 1.807) is 13.0 Å². The van der Waals surface area contributed by atoms with Gasteiger partial charge in [-0.05, 0) is 13.0 Å². The first-order valence-corrected chi connectivity index (χ1v) is 5.50. The van der Waals surface area contributed by atoms with Gasteiger partial charge in [-0.15, -0.1) is 12.4 Å². The quantitative estimate of drug-likeness (QED) is 0.773. The van der Waals surface area contributed by atoms with E-state index in [0.29, 0.717) is 13.2 Å². The number of hydrogen-bond donors (Lipinski definition) is 2. The summed E-state index contributed by atoms with van der Waals surface area (Å²) >= 11 is 0. The predicted octanol–water partition coefficient (Wildman–Crippen LogP) is 1.64. The van der Waals surface area contributed by atoms with Gasteiger partial charge >= 0.3 is 0 Å². The molecule has 0 radical (unpaired) electrons. The van der Waals surface area contributed by atoms with E-state index in [4.69, 9.17) is 10.5 Å². The van der Waals surface area contributed by atoms with Crippen LogP contribution in [0.2, 0.25) is 0 Å². The van der Waals surface area contributed by atoms with E-state index in [0.717, 1.165) is 11.3 Å². The van der Waals surface area contributed by atoms with Gasteiger partial charge in [-0.25, -0.2) is 0 Å². The molecule has 0 aliphatic carbocycles. The maximum Gasteiger partial charge on any atom is 0.236 e. The maximum absolute atomic E-state index is 11.3. The fourth-order valence-electron chi connectivity index (χ4n) is 1.28. The summed E-state index contributed by atoms with van der Waals surface area (Å²) in [5, 5.41) is 2.75. The minimum absolute atomic E-state index is 0. The monoisotopic (exact) mass is 270 g/mol. The zero-order valence-electron chi connectivity index (χ0n) is 10.4. The van der Waals surface area contributed by atoms with E-state index >= 15 is 0 Å². The number of ether oxygens (including phenoxy) is 1. The van der Waals surface area contributed by atoms with Crippen molar-refractivity contribution in [2.75, 3.05) is 6.61 Å². The average Bonchev–Trinajstić information content (AvgIpc) is 2.34. The SMILES string of the molecule is C=CCOc1ccccc1CNC(=O)[C@@H](C)N.Cl. The summed E-state index contributed by atoms with van der Waals surface area (Å²) < 4.78 is 5.48. The van der Waals surface area contributed by atoms with Gasteiger partial charge in [0.25, 0.3) is 0 Å². The van der Waals surface area contributed by atoms with Crippen LogP contribution < -0.4 is 15.8 Å². The normalized spacial score (nSPS) is 11.0. The van der Waals surface area contributed by atoms with Gasteiger partial charge in [-0.2, -0.15) is 0 Å². The van der Waals surface area contributed by atoms with Gasteiger partial charge in [-0.1, -0.05) is 30.9 Å². The number of benzene rings is 1. The third kappa shape index (κ3) is 5.21. The number of hydrogen-bond acceptors (Lipinski definition) is 3. The molecule has 18 heavy (non-hydrogen) atoms. The smallest absolute Gasteiger partial charge is 0.236 e. The Labute approximate surface area is 114 Å². The van der Waals surface area contributed by atoms with Crippen molar-refractivity contribution < 1.29 is 9.53 Å². The minimum atomic E-state index is -0.503. The Balaban J connectivity index is 0.00000289. The lowest BCUT2D eigenvalue weighted by Crippen LogP contribution is -2.37. The maximum atomic E-state index is 11.3. The second kappa shape index (κ2) is 8.55. The van der Waals surface area contributed by atoms with Crippen LogP contribution in [0.25, 0.3) is 0 Å². The highest BCUT2D eigenvalue weighted by Crippen LogP contribution is 2.17. The molecule has 1 rings (SSSR count). The Morgan fingerprint density at radius 1 is 1.56 bits per heavy atom. The van der Waals surface area contributed by atoms with E-state index in [9.17, 15) is 4.79 Å². The Bertz CT molecular complexity index is 394. The molecule has 4 nitrogen and oxygen atoms in total. The molecule has 5 heteroatoms. The first-order chi connectivity index (χ1) is 8.15. The molecule has 1 aromatic carbocycles. The molecule has 0 fully saturated rings. The van der Waals surface area contributed by atoms with Crippen molar-refractivity contribution in [1.82, 2.24) is 5.32 Å². The van der Waals surface area contributed by atoms with Crippen LogP contribution in [0.3, 0.4) is 0 Å². The van der Waals surface area contributed by atoms with E-state index in [-0.39, 0.29) is 18.3 Å². The lowest BCUT2D eigenvalue weighted by atomic mass is 10.2. The van der Waals surface area contributed by atoms with Gasteiger partial charge < -0.3 is 15.8 Å². The summed E-state index contributed by atoms with van der Waals surface area (Å²) in [7, 11) is 0. The van der Waals surface area contributed by atoms with E-state index in [2.05, 4.69) is 11.9 Å². The zero-order valence-corrected chi connectivity index (χ0v) is 11.2. The van der Waals surface area contributed by atoms with Crippen LogP contribution in [-0.4, -0.2) is 18.6 Å². The van der Waals surface area contributed by atoms with E-state index in [1.165, 1.54) is 0 Å². The summed E-state index contributed by atoms with van der Waals surface area (Å²) in [6.07, 6.45) is 1.68. The second-order valence-electron chi connectivity index (χ2n) is 3.71. The molecule has 1 aromatic rings. The lowest BCUT2D eigenvalue weighted by molar-refractivity contribution is -0.122. The van der Waals surface area contributed by atoms with Gasteiger partial charge in [0.05, 0.1) is 6.04 Å². The molecule has 0 bridgehead atoms. The number of amides is 1. The van der Waals surface area contributed by atoms with Gasteiger partial charge in [0.2, 0.25) is 5.91 Å². The number of rotatable bonds is 6. The second-order valence-corrected chi connectivity index (χ2v) is 3.71. The number of nitrogens with two attached hydrogens (primary N) is 1. The summed E-state index contributed by atoms with van der Waals surface area (Å²) in [5.41, 5.74) is 6.38. The van der Waals surface area contributed by atoms with Crippen LogP contribution >= 0.6 is 12.4 Å². The van der Waals surface area contributed by atoms with Gasteiger partial charge in [0, 0.05) is 12.1 Å². The number of carbonyl (C=O) groups excluding carboxylic acids is 1. The van der Waals surface area contributed by atoms with Crippen LogP contribution in [0, 0.1) is 0 Å². The highest BCUT2D eigenvalue weighted by atomic mass is 35.5. The molecule has 0 heterocycles. The molecule has 0 saturated carbocycles. The molecule has 1 atom stereocenters. The van der Waals surface area contributed by atoms with Crippen LogP contribution in [0.5, 0.6) is 5.75 Å². The molecular weight excluding hydrogens is 252 g/mol. The van der Waals surface area contributed by atoms with Crippen molar-refractivity contribution >= 4 is 18.3 Å². The average molecular weight is 271 g/mol. The van der Waals surface area contributed by atoms with Gasteiger partial charge in [-0.3, -0.25) is 4.79 Å². The van der Waals surface area contributed by atoms with Crippen molar-refractivity contribution in [2.45, 2.75) is 19.5 Å². The fourth-order valence-corrected chi connectivity index (χ4v) is 1.28. The largest absolute Gasteiger partial charge is 0.489 e. The Morgan fingerprint density at radius 3 is 2.83 bits per heavy atom. The van der Waals surface area contributed by atoms with Crippen molar-refractivity contribution in [3.05, 3.63) is 42.5 Å². The van der Waals surface area contributed by atoms with Crippen molar-refractivity contribution in [1.29, 1.82) is 0 Å². The first-order valence-electron chi connectivity index (χ1n) is 5.50. The zero-order chi connectivity index (χ0) is 12.7. The third-order valence-corrected chi connectivity index (χ3v) is 2.20. The Kier molecular flexibility index (Phi) is 7.83. The molecule has 0 aliphatic rings. The van der Waals surface area contributed by atoms with Crippen LogP contribution in [0.15, 0.2) is 36.9 Å². The van der Waals surface area contributed by atoms with Crippen LogP contribution in [-0.2, 0) is 11.3 Å². The topological polar surface area (TPSA) is 64.3 Å². The molecule has 0 saturated heterocycles. The number of para-hydroxylation sites is 1. The summed E-state index contributed by atoms with van der Waals surface area (Å²) in [4.78, 5) is 11.3. The van der Waals surface area contributed by atoms with E-state index in [1.807, 2.05) is 24.3 Å². The molecular formula is C13H19ClN2O2. The van der Waals surface area contributed by atoms with Gasteiger partial charge in [0.1, 0.15) is 12.4 Å². The summed E-state index contributed by atoms with van der Waals surface area (Å²) in [6.45, 7) is 6.09. The first kappa shape index (κ1) is 16.5. The van der Waals surface area contributed by atoms with Crippen LogP contribution in [0.4, 0.5) is 0 Å². The van der Waals surface area contributed by atoms with Crippen molar-refractivity contribution in [2.24, 2.45) is 5.73 Å². The molecule has 0 spiro atoms. The molecule has 0 unspecified atom stereocenters. The summed E-state index contributed by atoms with van der Waals surface area (Å²) in [5.74, 6) is 0.570. The molecule has 1 amide bonds. The number of nitrogens with one attached hydrogen (secondary N) is 1. The number of halogens is 1. The highest BCUT2D eigenvalue weighted by molar-refractivity contribution is 5.85. The van der Waals surface area contributed by atoms with Crippen molar-refractivity contribution in [3.8, 4) is 5.75 Å². The fraction of sp³-hybridized carbons (Fsp3) is 0.308.